The number of rotatable bonds is 13. The predicted octanol–water partition coefficient (Wildman–Crippen LogP) is 12.7. The smallest absolute Gasteiger partial charge is 0.219 e. The van der Waals surface area contributed by atoms with Crippen LogP contribution < -0.4 is 9.47 Å². The molecule has 0 aliphatic rings. The number of Topliss-reactive ketones (excluding diaryl/α,β-unsaturated/α-hetero) is 2. The Kier molecular flexibility index (Phi) is 15.2. The molecular formula is C42H39BrCl2N2O4. The first-order valence-electron chi connectivity index (χ1n) is 16.4. The second-order valence-corrected chi connectivity index (χ2v) is 13.9. The molecule has 9 heteroatoms. The highest BCUT2D eigenvalue weighted by Gasteiger charge is 2.08. The number of allylic oxidation sites excluding steroid dienone is 2. The van der Waals surface area contributed by atoms with Crippen LogP contribution in [0.1, 0.15) is 51.7 Å². The standard InChI is InChI=1S/C24H22ClNO2.C18H17BrClNO2/c1-17(14-18(2)27)8-9-19-10-13-24(26-16-19)28-23-12-11-21(15-22(23)25)20-6-4-3-5-7-20;1-12(9-13(2)22)3-4-14-5-8-18(21-11-14)23-17-7-6-15(19)10-16(17)20/h3-13,15-17H,14H2,1-2H3;3-8,10-12H,9H2,1-2H3/b9-8+;4-3+/t17-;12-/m00/s1. The zero-order valence-corrected chi connectivity index (χ0v) is 32.0. The lowest BCUT2D eigenvalue weighted by molar-refractivity contribution is -0.118. The van der Waals surface area contributed by atoms with Gasteiger partial charge in [0.2, 0.25) is 11.8 Å². The Morgan fingerprint density at radius 3 is 1.59 bits per heavy atom. The Balaban J connectivity index is 0.000000233. The van der Waals surface area contributed by atoms with E-state index in [1.165, 1.54) is 0 Å². The molecule has 2 heterocycles. The molecule has 0 amide bonds. The van der Waals surface area contributed by atoms with E-state index in [9.17, 15) is 9.59 Å². The zero-order chi connectivity index (χ0) is 36.8. The molecule has 0 fully saturated rings. The number of hydrogen-bond donors (Lipinski definition) is 0. The molecule has 6 nitrogen and oxygen atoms in total. The Morgan fingerprint density at radius 2 is 1.16 bits per heavy atom. The van der Waals surface area contributed by atoms with Gasteiger partial charge in [0.1, 0.15) is 23.1 Å². The van der Waals surface area contributed by atoms with Crippen LogP contribution in [0.4, 0.5) is 0 Å². The molecule has 5 aromatic rings. The summed E-state index contributed by atoms with van der Waals surface area (Å²) < 4.78 is 12.4. The van der Waals surface area contributed by atoms with Crippen LogP contribution in [0.15, 0.2) is 120 Å². The maximum atomic E-state index is 11.1. The van der Waals surface area contributed by atoms with Crippen molar-refractivity contribution < 1.29 is 19.1 Å². The SMILES string of the molecule is CC(=O)C[C@@H](C)/C=C/c1ccc(Oc2ccc(-c3ccccc3)cc2Cl)nc1.CC(=O)C[C@@H](C)/C=C/c1ccc(Oc2ccc(Br)cc2Cl)nc1. The highest BCUT2D eigenvalue weighted by Crippen LogP contribution is 2.33. The van der Waals surface area contributed by atoms with Crippen LogP contribution in [-0.2, 0) is 9.59 Å². The number of pyridine rings is 2. The van der Waals surface area contributed by atoms with Gasteiger partial charge >= 0.3 is 0 Å². The number of carbonyl (C=O) groups excluding carboxylic acids is 2. The Hall–Kier alpha value is -4.56. The van der Waals surface area contributed by atoms with Crippen molar-refractivity contribution in [2.45, 2.75) is 40.5 Å². The van der Waals surface area contributed by atoms with Crippen LogP contribution in [0.3, 0.4) is 0 Å². The van der Waals surface area contributed by atoms with Gasteiger partial charge < -0.3 is 19.1 Å². The Bertz CT molecular complexity index is 1960. The first-order chi connectivity index (χ1) is 24.4. The van der Waals surface area contributed by atoms with Crippen molar-refractivity contribution in [3.63, 3.8) is 0 Å². The molecule has 2 atom stereocenters. The third-order valence-corrected chi connectivity index (χ3v) is 8.42. The molecule has 0 saturated carbocycles. The van der Waals surface area contributed by atoms with E-state index in [0.717, 1.165) is 26.7 Å². The number of aromatic nitrogens is 2. The van der Waals surface area contributed by atoms with Crippen molar-refractivity contribution in [2.24, 2.45) is 11.8 Å². The molecule has 3 aromatic carbocycles. The van der Waals surface area contributed by atoms with Gasteiger partial charge in [-0.1, -0.05) is 114 Å². The summed E-state index contributed by atoms with van der Waals surface area (Å²) >= 11 is 15.9. The molecule has 0 unspecified atom stereocenters. The van der Waals surface area contributed by atoms with Crippen LogP contribution in [0, 0.1) is 11.8 Å². The van der Waals surface area contributed by atoms with Crippen molar-refractivity contribution in [1.29, 1.82) is 0 Å². The third-order valence-electron chi connectivity index (χ3n) is 7.33. The van der Waals surface area contributed by atoms with E-state index in [-0.39, 0.29) is 23.4 Å². The van der Waals surface area contributed by atoms with E-state index in [1.807, 2.05) is 105 Å². The fourth-order valence-electron chi connectivity index (χ4n) is 4.87. The highest BCUT2D eigenvalue weighted by molar-refractivity contribution is 9.10. The maximum absolute atomic E-state index is 11.1. The minimum atomic E-state index is 0.189. The second-order valence-electron chi connectivity index (χ2n) is 12.1. The monoisotopic (exact) mass is 784 g/mol. The van der Waals surface area contributed by atoms with E-state index in [0.29, 0.717) is 46.1 Å². The molecule has 262 valence electrons. The summed E-state index contributed by atoms with van der Waals surface area (Å²) in [6.07, 6.45) is 12.5. The number of ether oxygens (including phenoxy) is 2. The Labute approximate surface area is 318 Å². The quantitative estimate of drug-likeness (QED) is 0.118. The highest BCUT2D eigenvalue weighted by atomic mass is 79.9. The molecule has 0 saturated heterocycles. The van der Waals surface area contributed by atoms with E-state index in [1.54, 1.807) is 50.5 Å². The van der Waals surface area contributed by atoms with Gasteiger partial charge in [0.15, 0.2) is 0 Å². The second kappa shape index (κ2) is 19.7. The summed E-state index contributed by atoms with van der Waals surface area (Å²) in [6.45, 7) is 7.24. The molecule has 0 spiro atoms. The van der Waals surface area contributed by atoms with E-state index in [4.69, 9.17) is 32.7 Å². The molecule has 0 aliphatic heterocycles. The van der Waals surface area contributed by atoms with Crippen LogP contribution >= 0.6 is 39.1 Å². The largest absolute Gasteiger partial charge is 0.437 e. The minimum absolute atomic E-state index is 0.189. The maximum Gasteiger partial charge on any atom is 0.219 e. The summed E-state index contributed by atoms with van der Waals surface area (Å²) in [4.78, 5) is 30.8. The van der Waals surface area contributed by atoms with Crippen LogP contribution in [0.5, 0.6) is 23.3 Å². The van der Waals surface area contributed by atoms with Gasteiger partial charge in [-0.25, -0.2) is 9.97 Å². The zero-order valence-electron chi connectivity index (χ0n) is 28.9. The lowest BCUT2D eigenvalue weighted by Gasteiger charge is -2.09. The van der Waals surface area contributed by atoms with E-state index < -0.39 is 0 Å². The fourth-order valence-corrected chi connectivity index (χ4v) is 5.80. The molecule has 0 N–H and O–H groups in total. The summed E-state index contributed by atoms with van der Waals surface area (Å²) in [7, 11) is 0. The number of carbonyl (C=O) groups is 2. The summed E-state index contributed by atoms with van der Waals surface area (Å²) in [5.41, 5.74) is 4.04. The van der Waals surface area contributed by atoms with Gasteiger partial charge in [-0.2, -0.15) is 0 Å². The number of ketones is 2. The molecule has 5 rings (SSSR count). The summed E-state index contributed by atoms with van der Waals surface area (Å²) in [5, 5.41) is 1.05. The Morgan fingerprint density at radius 1 is 0.667 bits per heavy atom. The summed E-state index contributed by atoms with van der Waals surface area (Å²) in [6, 6.07) is 28.6. The lowest BCUT2D eigenvalue weighted by atomic mass is 10.0. The summed E-state index contributed by atoms with van der Waals surface area (Å²) in [5.74, 6) is 2.87. The molecule has 0 aliphatic carbocycles. The molecule has 2 aromatic heterocycles. The molecule has 51 heavy (non-hydrogen) atoms. The van der Waals surface area contributed by atoms with Crippen LogP contribution in [0.2, 0.25) is 10.0 Å². The van der Waals surface area contributed by atoms with Crippen molar-refractivity contribution >= 4 is 62.9 Å². The first kappa shape index (κ1) is 39.2. The van der Waals surface area contributed by atoms with Gasteiger partial charge in [-0.15, -0.1) is 0 Å². The van der Waals surface area contributed by atoms with Gasteiger partial charge in [0.25, 0.3) is 0 Å². The van der Waals surface area contributed by atoms with E-state index >= 15 is 0 Å². The fraction of sp³-hybridized carbons (Fsp3) is 0.190. The van der Waals surface area contributed by atoms with Gasteiger partial charge in [0.05, 0.1) is 10.0 Å². The van der Waals surface area contributed by atoms with Crippen molar-refractivity contribution in [3.8, 4) is 34.4 Å². The first-order valence-corrected chi connectivity index (χ1v) is 17.9. The minimum Gasteiger partial charge on any atom is -0.437 e. The number of hydrogen-bond acceptors (Lipinski definition) is 6. The van der Waals surface area contributed by atoms with Crippen LogP contribution in [0.25, 0.3) is 23.3 Å². The number of benzene rings is 3. The van der Waals surface area contributed by atoms with Crippen molar-refractivity contribution in [3.05, 3.63) is 141 Å². The molecule has 0 radical (unpaired) electrons. The topological polar surface area (TPSA) is 78.4 Å². The van der Waals surface area contributed by atoms with Crippen molar-refractivity contribution in [2.75, 3.05) is 0 Å². The van der Waals surface area contributed by atoms with Gasteiger partial charge in [0, 0.05) is 41.8 Å². The normalized spacial score (nSPS) is 12.2. The van der Waals surface area contributed by atoms with E-state index in [2.05, 4.69) is 25.9 Å². The van der Waals surface area contributed by atoms with Gasteiger partial charge in [-0.05, 0) is 90.4 Å². The molecule has 0 bridgehead atoms. The average Bonchev–Trinajstić information content (AvgIpc) is 3.10. The molecular weight excluding hydrogens is 747 g/mol. The lowest BCUT2D eigenvalue weighted by Crippen LogP contribution is -1.97. The number of nitrogens with zero attached hydrogens (tertiary/aromatic N) is 2. The van der Waals surface area contributed by atoms with Gasteiger partial charge in [-0.3, -0.25) is 0 Å². The van der Waals surface area contributed by atoms with Crippen LogP contribution in [-0.4, -0.2) is 21.5 Å². The predicted molar refractivity (Wildman–Crippen MR) is 212 cm³/mol. The number of halogens is 3. The van der Waals surface area contributed by atoms with Crippen molar-refractivity contribution in [1.82, 2.24) is 9.97 Å². The average molecular weight is 787 g/mol. The third kappa shape index (κ3) is 13.6.